The van der Waals surface area contributed by atoms with Crippen molar-refractivity contribution >= 4 is 20.1 Å². The first-order chi connectivity index (χ1) is 15.2. The van der Waals surface area contributed by atoms with Gasteiger partial charge in [-0.1, -0.05) is 88.0 Å². The molecule has 0 aromatic heterocycles. The highest BCUT2D eigenvalue weighted by atomic mass is 32.2. The number of hydrogen-bond acceptors (Lipinski definition) is 5. The molecule has 4 nitrogen and oxygen atoms in total. The SMILES string of the molecule is CC1C2OC(c3ccccc3)OCC2OC(Sc2ccccc2)C1O[Si](C)(C)C(C)(C)C. The third-order valence-electron chi connectivity index (χ3n) is 6.98. The van der Waals surface area contributed by atoms with Crippen LogP contribution in [-0.4, -0.2) is 38.7 Å². The molecule has 2 heterocycles. The molecule has 0 aliphatic carbocycles. The zero-order valence-electron chi connectivity index (χ0n) is 20.0. The Bertz CT molecular complexity index is 870. The molecule has 2 aliphatic heterocycles. The van der Waals surface area contributed by atoms with Crippen molar-refractivity contribution in [2.45, 2.75) is 80.8 Å². The zero-order valence-corrected chi connectivity index (χ0v) is 21.8. The monoisotopic (exact) mass is 472 g/mol. The van der Waals surface area contributed by atoms with Gasteiger partial charge in [0.25, 0.3) is 0 Å². The van der Waals surface area contributed by atoms with Crippen molar-refractivity contribution in [3.05, 3.63) is 66.2 Å². The Labute approximate surface area is 198 Å². The normalized spacial score (nSPS) is 31.2. The van der Waals surface area contributed by atoms with Gasteiger partial charge in [0.15, 0.2) is 14.6 Å². The number of fused-ring (bicyclic) bond motifs is 1. The van der Waals surface area contributed by atoms with E-state index in [-0.39, 0.29) is 41.0 Å². The van der Waals surface area contributed by atoms with Crippen molar-refractivity contribution < 1.29 is 18.6 Å². The van der Waals surface area contributed by atoms with Crippen molar-refractivity contribution in [1.29, 1.82) is 0 Å². The maximum atomic E-state index is 7.00. The van der Waals surface area contributed by atoms with E-state index in [0.717, 1.165) is 5.56 Å². The molecule has 0 saturated carbocycles. The van der Waals surface area contributed by atoms with Gasteiger partial charge >= 0.3 is 0 Å². The summed E-state index contributed by atoms with van der Waals surface area (Å²) in [4.78, 5) is 1.19. The molecule has 0 N–H and O–H groups in total. The minimum atomic E-state index is -2.01. The minimum Gasteiger partial charge on any atom is -0.410 e. The van der Waals surface area contributed by atoms with E-state index >= 15 is 0 Å². The molecule has 2 aromatic rings. The minimum absolute atomic E-state index is 0.0585. The molecule has 4 rings (SSSR count). The van der Waals surface area contributed by atoms with Crippen LogP contribution in [0.15, 0.2) is 65.6 Å². The Morgan fingerprint density at radius 3 is 2.19 bits per heavy atom. The molecule has 0 bridgehead atoms. The molecular weight excluding hydrogens is 436 g/mol. The molecule has 2 saturated heterocycles. The average Bonchev–Trinajstić information content (AvgIpc) is 2.77. The number of ether oxygens (including phenoxy) is 3. The summed E-state index contributed by atoms with van der Waals surface area (Å²) in [6, 6.07) is 20.6. The Kier molecular flexibility index (Phi) is 7.20. The van der Waals surface area contributed by atoms with Crippen LogP contribution in [0.3, 0.4) is 0 Å². The van der Waals surface area contributed by atoms with Crippen LogP contribution in [0.1, 0.15) is 39.5 Å². The molecule has 2 aliphatic rings. The molecule has 2 aromatic carbocycles. The van der Waals surface area contributed by atoms with E-state index in [2.05, 4.69) is 77.2 Å². The van der Waals surface area contributed by atoms with Gasteiger partial charge < -0.3 is 18.6 Å². The lowest BCUT2D eigenvalue weighted by Crippen LogP contribution is -2.60. The predicted octanol–water partition coefficient (Wildman–Crippen LogP) is 6.64. The van der Waals surface area contributed by atoms with Gasteiger partial charge in [-0.05, 0) is 30.3 Å². The summed E-state index contributed by atoms with van der Waals surface area (Å²) in [6.45, 7) is 14.3. The molecule has 0 radical (unpaired) electrons. The molecule has 2 fully saturated rings. The summed E-state index contributed by atoms with van der Waals surface area (Å²) in [5, 5.41) is 0.120. The first kappa shape index (κ1) is 24.0. The highest BCUT2D eigenvalue weighted by Gasteiger charge is 2.51. The van der Waals surface area contributed by atoms with E-state index in [9.17, 15) is 0 Å². The van der Waals surface area contributed by atoms with Crippen molar-refractivity contribution in [3.8, 4) is 0 Å². The number of thioether (sulfide) groups is 1. The summed E-state index contributed by atoms with van der Waals surface area (Å²) in [5.74, 6) is 0.180. The molecule has 32 heavy (non-hydrogen) atoms. The van der Waals surface area contributed by atoms with E-state index in [1.54, 1.807) is 11.8 Å². The maximum absolute atomic E-state index is 7.00. The predicted molar refractivity (Wildman–Crippen MR) is 132 cm³/mol. The van der Waals surface area contributed by atoms with E-state index in [0.29, 0.717) is 6.61 Å². The molecular formula is C26H36O4SSi. The molecule has 0 amide bonds. The number of benzene rings is 2. The van der Waals surface area contributed by atoms with Crippen molar-refractivity contribution in [1.82, 2.24) is 0 Å². The smallest absolute Gasteiger partial charge is 0.192 e. The van der Waals surface area contributed by atoms with Crippen LogP contribution in [-0.2, 0) is 18.6 Å². The highest BCUT2D eigenvalue weighted by molar-refractivity contribution is 7.99. The summed E-state index contributed by atoms with van der Waals surface area (Å²) >= 11 is 1.74. The lowest BCUT2D eigenvalue weighted by atomic mass is 9.91. The standard InChI is InChI=1S/C26H36O4SSi/c1-18-22-21(17-27-24(29-22)19-13-9-7-10-14-19)28-25(31-20-15-11-8-12-16-20)23(18)30-32(5,6)26(2,3)4/h7-16,18,21-25H,17H2,1-6H3. The first-order valence-corrected chi connectivity index (χ1v) is 15.3. The summed E-state index contributed by atoms with van der Waals surface area (Å²) < 4.78 is 26.2. The largest absolute Gasteiger partial charge is 0.410 e. The topological polar surface area (TPSA) is 36.9 Å². The van der Waals surface area contributed by atoms with Crippen molar-refractivity contribution in [2.75, 3.05) is 6.61 Å². The van der Waals surface area contributed by atoms with Gasteiger partial charge in [0.1, 0.15) is 11.5 Å². The first-order valence-electron chi connectivity index (χ1n) is 11.5. The van der Waals surface area contributed by atoms with Crippen molar-refractivity contribution in [2.24, 2.45) is 5.92 Å². The lowest BCUT2D eigenvalue weighted by molar-refractivity contribution is -0.306. The third kappa shape index (κ3) is 5.16. The van der Waals surface area contributed by atoms with Crippen molar-refractivity contribution in [3.63, 3.8) is 0 Å². The van der Waals surface area contributed by atoms with Crippen LogP contribution in [0.4, 0.5) is 0 Å². The zero-order chi connectivity index (χ0) is 22.9. The molecule has 6 heteroatoms. The van der Waals surface area contributed by atoms with Gasteiger partial charge in [0.05, 0.1) is 18.8 Å². The van der Waals surface area contributed by atoms with E-state index in [4.69, 9.17) is 18.6 Å². The second kappa shape index (κ2) is 9.61. The second-order valence-corrected chi connectivity index (χ2v) is 16.3. The molecule has 6 unspecified atom stereocenters. The average molecular weight is 473 g/mol. The molecule has 6 atom stereocenters. The summed E-state index contributed by atoms with van der Waals surface area (Å²) in [6.07, 6.45) is -0.603. The van der Waals surface area contributed by atoms with E-state index < -0.39 is 8.32 Å². The third-order valence-corrected chi connectivity index (χ3v) is 12.6. The Balaban J connectivity index is 1.58. The molecule has 174 valence electrons. The lowest BCUT2D eigenvalue weighted by Gasteiger charge is -2.51. The van der Waals surface area contributed by atoms with E-state index in [1.807, 2.05) is 24.3 Å². The highest BCUT2D eigenvalue weighted by Crippen LogP contribution is 2.46. The Hall–Kier alpha value is -1.15. The summed E-state index contributed by atoms with van der Waals surface area (Å²) in [5.41, 5.74) is 0.934. The van der Waals surface area contributed by atoms with Crippen LogP contribution in [0, 0.1) is 5.92 Å². The van der Waals surface area contributed by atoms with Crippen LogP contribution in [0.25, 0.3) is 0 Å². The van der Waals surface area contributed by atoms with Gasteiger partial charge in [-0.2, -0.15) is 0 Å². The maximum Gasteiger partial charge on any atom is 0.192 e. The van der Waals surface area contributed by atoms with Gasteiger partial charge in [-0.25, -0.2) is 0 Å². The fourth-order valence-corrected chi connectivity index (χ4v) is 6.69. The second-order valence-electron chi connectivity index (χ2n) is 10.4. The van der Waals surface area contributed by atoms with Crippen LogP contribution in [0.2, 0.25) is 18.1 Å². The van der Waals surface area contributed by atoms with Crippen LogP contribution in [0.5, 0.6) is 0 Å². The fourth-order valence-electron chi connectivity index (χ4n) is 4.00. The van der Waals surface area contributed by atoms with Gasteiger partial charge in [0, 0.05) is 16.4 Å². The van der Waals surface area contributed by atoms with Gasteiger partial charge in [0.2, 0.25) is 0 Å². The van der Waals surface area contributed by atoms with E-state index in [1.165, 1.54) is 4.90 Å². The fraction of sp³-hybridized carbons (Fsp3) is 0.538. The van der Waals surface area contributed by atoms with Crippen LogP contribution >= 0.6 is 11.8 Å². The summed E-state index contributed by atoms with van der Waals surface area (Å²) in [7, 11) is -2.01. The number of rotatable bonds is 5. The van der Waals surface area contributed by atoms with Crippen LogP contribution < -0.4 is 0 Å². The van der Waals surface area contributed by atoms with Gasteiger partial charge in [-0.3, -0.25) is 0 Å². The Morgan fingerprint density at radius 1 is 0.938 bits per heavy atom. The number of hydrogen-bond donors (Lipinski definition) is 0. The quantitative estimate of drug-likeness (QED) is 0.456. The Morgan fingerprint density at radius 2 is 1.56 bits per heavy atom. The molecule has 0 spiro atoms. The van der Waals surface area contributed by atoms with Gasteiger partial charge in [-0.15, -0.1) is 0 Å².